The third-order valence-electron chi connectivity index (χ3n) is 20.8. The van der Waals surface area contributed by atoms with Gasteiger partial charge in [0.25, 0.3) is 6.71 Å². The monoisotopic (exact) mass is 1340 g/mol. The van der Waals surface area contributed by atoms with Crippen molar-refractivity contribution in [1.82, 2.24) is 9.13 Å². The number of fused-ring (bicyclic) bond motifs is 10. The highest BCUT2D eigenvalue weighted by Crippen LogP contribution is 2.51. The minimum absolute atomic E-state index is 0.0337. The molecule has 2 aliphatic rings. The molecule has 6 nitrogen and oxygen atoms in total. The average Bonchev–Trinajstić information content (AvgIpc) is 1.59. The lowest BCUT2D eigenvalue weighted by Crippen LogP contribution is -2.61. The number of benzene rings is 13. The Labute approximate surface area is 622 Å². The molecular formula is C96H81BN6. The number of nitrogens with zero attached hydrogens (tertiary/aromatic N) is 6. The molecule has 17 rings (SSSR count). The Balaban J connectivity index is 1.08. The van der Waals surface area contributed by atoms with Crippen molar-refractivity contribution in [3.63, 3.8) is 0 Å². The number of nitriles is 2. The SMILES string of the molecule is [2H]c1c([2H])c([2H])c(-c2ccc3c(c2)N(c2cc(-c4ccccc4)cc(-c4ccccc4)c2)c2cc(-n4c5ccc(C(C)(C)C)cc5c5cc(C(C)(C)C)ccc54)cc4c2B3c2ccc(-c3cc(C(C)(C)C)cc(C(C)(C)C)c3)cc2N4c2cc(C#N)cc(-n3c4c([2H])c([2H])c([2H])c([2H])c4c4c([2H])c(C#N)c([2H])c([2H])c43)c2)c([2H])c1[2H]. The van der Waals surface area contributed by atoms with Crippen molar-refractivity contribution in [1.29, 1.82) is 10.5 Å². The van der Waals surface area contributed by atoms with Crippen molar-refractivity contribution in [2.45, 2.75) is 105 Å². The van der Waals surface area contributed by atoms with Gasteiger partial charge in [-0.15, -0.1) is 0 Å². The van der Waals surface area contributed by atoms with Crippen LogP contribution in [0.5, 0.6) is 0 Å². The van der Waals surface area contributed by atoms with Gasteiger partial charge in [0.15, 0.2) is 0 Å². The summed E-state index contributed by atoms with van der Waals surface area (Å²) >= 11 is 0. The molecule has 7 heteroatoms. The molecule has 498 valence electrons. The maximum Gasteiger partial charge on any atom is 0.252 e. The Morgan fingerprint density at radius 2 is 0.777 bits per heavy atom. The van der Waals surface area contributed by atoms with E-state index in [2.05, 4.69) is 231 Å². The van der Waals surface area contributed by atoms with E-state index in [9.17, 15) is 21.5 Å². The molecule has 0 saturated heterocycles. The Morgan fingerprint density at radius 3 is 1.31 bits per heavy atom. The number of aromatic nitrogens is 2. The minimum Gasteiger partial charge on any atom is -0.311 e. The molecule has 0 spiro atoms. The molecular weight excluding hydrogens is 1250 g/mol. The summed E-state index contributed by atoms with van der Waals surface area (Å²) in [6.45, 7) is 25.9. The lowest BCUT2D eigenvalue weighted by Gasteiger charge is -2.45. The van der Waals surface area contributed by atoms with Gasteiger partial charge in [-0.05, 0) is 214 Å². The number of rotatable bonds is 8. The molecule has 0 bridgehead atoms. The van der Waals surface area contributed by atoms with Gasteiger partial charge in [0, 0.05) is 61.4 Å². The Hall–Kier alpha value is -11.9. The molecule has 103 heavy (non-hydrogen) atoms. The summed E-state index contributed by atoms with van der Waals surface area (Å²) in [5, 5.41) is 24.2. The molecule has 0 unspecified atom stereocenters. The van der Waals surface area contributed by atoms with Gasteiger partial charge in [0.05, 0.1) is 67.5 Å². The fourth-order valence-corrected chi connectivity index (χ4v) is 15.4. The van der Waals surface area contributed by atoms with E-state index < -0.39 is 72.7 Å². The van der Waals surface area contributed by atoms with E-state index in [-0.39, 0.29) is 72.4 Å². The van der Waals surface area contributed by atoms with E-state index in [1.165, 1.54) is 4.57 Å². The maximum absolute atomic E-state index is 11.8. The molecule has 0 amide bonds. The Bertz CT molecular complexity index is 6650. The van der Waals surface area contributed by atoms with Gasteiger partial charge >= 0.3 is 0 Å². The van der Waals surface area contributed by atoms with E-state index in [0.29, 0.717) is 34.0 Å². The van der Waals surface area contributed by atoms with Crippen LogP contribution in [0.15, 0.2) is 273 Å². The van der Waals surface area contributed by atoms with Crippen molar-refractivity contribution in [3.8, 4) is 68.0 Å². The predicted octanol–water partition coefficient (Wildman–Crippen LogP) is 23.6. The van der Waals surface area contributed by atoms with Gasteiger partial charge in [-0.1, -0.05) is 247 Å². The van der Waals surface area contributed by atoms with Crippen LogP contribution < -0.4 is 26.2 Å². The van der Waals surface area contributed by atoms with Gasteiger partial charge in [-0.2, -0.15) is 10.5 Å². The first kappa shape index (κ1) is 52.1. The summed E-state index contributed by atoms with van der Waals surface area (Å²) in [6, 6.07) is 67.7. The number of hydrogen-bond donors (Lipinski definition) is 0. The quantitative estimate of drug-likeness (QED) is 0.142. The van der Waals surface area contributed by atoms with Crippen LogP contribution in [0.3, 0.4) is 0 Å². The highest BCUT2D eigenvalue weighted by Gasteiger charge is 2.45. The Kier molecular flexibility index (Phi) is 12.1. The molecule has 0 saturated carbocycles. The molecule has 0 N–H and O–H groups in total. The summed E-state index contributed by atoms with van der Waals surface area (Å²) in [6.07, 6.45) is 0. The van der Waals surface area contributed by atoms with Crippen molar-refractivity contribution in [2.75, 3.05) is 9.80 Å². The van der Waals surface area contributed by atoms with Gasteiger partial charge < -0.3 is 18.9 Å². The first-order chi connectivity index (χ1) is 54.5. The van der Waals surface area contributed by atoms with Crippen LogP contribution >= 0.6 is 0 Å². The van der Waals surface area contributed by atoms with Crippen molar-refractivity contribution in [2.24, 2.45) is 0 Å². The fraction of sp³-hybridized carbons (Fsp3) is 0.167. The van der Waals surface area contributed by atoms with Crippen LogP contribution in [-0.2, 0) is 21.7 Å². The zero-order valence-electron chi connectivity index (χ0n) is 71.8. The van der Waals surface area contributed by atoms with Crippen LogP contribution in [0.4, 0.5) is 34.1 Å². The third-order valence-corrected chi connectivity index (χ3v) is 20.8. The van der Waals surface area contributed by atoms with Crippen LogP contribution in [0.25, 0.3) is 99.5 Å². The highest BCUT2D eigenvalue weighted by atomic mass is 15.2. The molecule has 15 aromatic rings. The van der Waals surface area contributed by atoms with Gasteiger partial charge in [-0.3, -0.25) is 0 Å². The third kappa shape index (κ3) is 11.0. The fourth-order valence-electron chi connectivity index (χ4n) is 15.4. The molecule has 2 aliphatic heterocycles. The maximum atomic E-state index is 11.8. The summed E-state index contributed by atoms with van der Waals surface area (Å²) in [7, 11) is 0. The normalized spacial score (nSPS) is 14.6. The van der Waals surface area contributed by atoms with Crippen LogP contribution in [0.2, 0.25) is 0 Å². The first-order valence-corrected chi connectivity index (χ1v) is 35.1. The molecule has 13 aromatic carbocycles. The number of hydrogen-bond acceptors (Lipinski definition) is 4. The zero-order valence-corrected chi connectivity index (χ0v) is 59.8. The second-order valence-corrected chi connectivity index (χ2v) is 31.6. The molecule has 0 aliphatic carbocycles. The molecule has 2 aromatic heterocycles. The predicted molar refractivity (Wildman–Crippen MR) is 435 cm³/mol. The van der Waals surface area contributed by atoms with E-state index in [4.69, 9.17) is 5.48 Å². The summed E-state index contributed by atoms with van der Waals surface area (Å²) in [5.41, 5.74) is 17.8. The highest BCUT2D eigenvalue weighted by molar-refractivity contribution is 7.00. The van der Waals surface area contributed by atoms with Crippen molar-refractivity contribution >= 4 is 101 Å². The number of para-hydroxylation sites is 1. The van der Waals surface area contributed by atoms with Crippen LogP contribution in [0.1, 0.15) is 133 Å². The van der Waals surface area contributed by atoms with Crippen molar-refractivity contribution in [3.05, 3.63) is 306 Å². The molecule has 0 atom stereocenters. The average molecular weight is 1340 g/mol. The smallest absolute Gasteiger partial charge is 0.252 e. The van der Waals surface area contributed by atoms with E-state index in [1.54, 1.807) is 12.1 Å². The first-order valence-electron chi connectivity index (χ1n) is 41.1. The van der Waals surface area contributed by atoms with Gasteiger partial charge in [0.1, 0.15) is 0 Å². The van der Waals surface area contributed by atoms with Crippen molar-refractivity contribution < 1.29 is 16.4 Å². The molecule has 0 radical (unpaired) electrons. The standard InChI is InChI=1S/C96H81BN6/c1-93(2,3)70-35-40-86-80(53-70)81-54-71(94(4,5)6)36-41-87(81)101(86)77-56-90-92-91(57-77)103(76-48-67(63-26-18-14-19-27-63)45-68(49-76)64-28-20-15-21-29-64)88-50-65(62-24-16-13-17-25-62)33-37-82(88)97(92)83-38-34-66(69-46-72(95(7,8)9)52-73(47-69)96(10,11)12)51-89(83)102(90)75-43-61(59-99)42-74(55-75)100-84-31-23-22-30-78(84)79-44-60(58-98)32-39-85(79)100/h13-57H,1-12H3/i13D,16D,17D,22D,23D,24D,25D,30D,31D,32D,39D,44D. The van der Waals surface area contributed by atoms with E-state index in [1.807, 2.05) is 66.7 Å². The molecule has 4 heterocycles. The topological polar surface area (TPSA) is 63.9 Å². The zero-order chi connectivity index (χ0) is 81.6. The number of anilines is 6. The van der Waals surface area contributed by atoms with Gasteiger partial charge in [-0.25, -0.2) is 0 Å². The largest absolute Gasteiger partial charge is 0.311 e. The van der Waals surface area contributed by atoms with Gasteiger partial charge in [0.2, 0.25) is 0 Å². The second kappa shape index (κ2) is 23.9. The summed E-state index contributed by atoms with van der Waals surface area (Å²) in [5.74, 6) is 0. The van der Waals surface area contributed by atoms with Crippen LogP contribution in [-0.4, -0.2) is 15.8 Å². The lowest BCUT2D eigenvalue weighted by molar-refractivity contribution is 0.569. The Morgan fingerprint density at radius 1 is 0.311 bits per heavy atom. The second-order valence-electron chi connectivity index (χ2n) is 31.6. The van der Waals surface area contributed by atoms with E-state index in [0.717, 1.165) is 105 Å². The van der Waals surface area contributed by atoms with E-state index >= 15 is 0 Å². The summed E-state index contributed by atoms with van der Waals surface area (Å²) in [4.78, 5) is 4.43. The minimum atomic E-state index is -0.656. The molecule has 0 fully saturated rings. The van der Waals surface area contributed by atoms with Crippen LogP contribution in [0, 0.1) is 22.7 Å². The summed E-state index contributed by atoms with van der Waals surface area (Å²) < 4.78 is 116. The lowest BCUT2D eigenvalue weighted by atomic mass is 9.33.